The predicted octanol–water partition coefficient (Wildman–Crippen LogP) is 1.73. The van der Waals surface area contributed by atoms with Crippen LogP contribution in [-0.4, -0.2) is 23.7 Å². The van der Waals surface area contributed by atoms with E-state index in [1.807, 2.05) is 11.6 Å². The molecule has 1 fully saturated rings. The molecule has 1 aromatic rings. The van der Waals surface area contributed by atoms with E-state index in [-0.39, 0.29) is 0 Å². The molecule has 1 aromatic heterocycles. The second-order valence-corrected chi connectivity index (χ2v) is 3.85. The average Bonchev–Trinajstić information content (AvgIpc) is 2.65. The Morgan fingerprint density at radius 3 is 3.25 bits per heavy atom. The zero-order valence-corrected chi connectivity index (χ0v) is 7.80. The maximum atomic E-state index is 5.43. The molecule has 0 spiro atoms. The molecular formula is C8H12N2OS. The summed E-state index contributed by atoms with van der Waals surface area (Å²) in [6, 6.07) is 0.441. The molecule has 1 saturated heterocycles. The van der Waals surface area contributed by atoms with Gasteiger partial charge in [0.2, 0.25) is 0 Å². The van der Waals surface area contributed by atoms with Gasteiger partial charge in [0.15, 0.2) is 5.13 Å². The highest BCUT2D eigenvalue weighted by Gasteiger charge is 2.24. The molecule has 0 amide bonds. The number of aromatic nitrogens is 1. The lowest BCUT2D eigenvalue weighted by Crippen LogP contribution is -2.26. The van der Waals surface area contributed by atoms with Gasteiger partial charge in [-0.2, -0.15) is 0 Å². The minimum absolute atomic E-state index is 0.314. The van der Waals surface area contributed by atoms with Gasteiger partial charge in [-0.1, -0.05) is 0 Å². The molecule has 2 heterocycles. The zero-order valence-electron chi connectivity index (χ0n) is 6.99. The van der Waals surface area contributed by atoms with Gasteiger partial charge in [0, 0.05) is 18.2 Å². The maximum absolute atomic E-state index is 5.43. The minimum Gasteiger partial charge on any atom is -0.376 e. The van der Waals surface area contributed by atoms with Gasteiger partial charge >= 0.3 is 0 Å². The molecule has 2 unspecified atom stereocenters. The molecule has 1 aliphatic heterocycles. The van der Waals surface area contributed by atoms with Crippen molar-refractivity contribution in [2.24, 2.45) is 0 Å². The summed E-state index contributed by atoms with van der Waals surface area (Å²) < 4.78 is 5.43. The van der Waals surface area contributed by atoms with Gasteiger partial charge in [0.05, 0.1) is 12.1 Å². The van der Waals surface area contributed by atoms with E-state index < -0.39 is 0 Å². The minimum atomic E-state index is 0.314. The maximum Gasteiger partial charge on any atom is 0.182 e. The third kappa shape index (κ3) is 1.59. The van der Waals surface area contributed by atoms with Gasteiger partial charge in [-0.05, 0) is 13.3 Å². The lowest BCUT2D eigenvalue weighted by molar-refractivity contribution is 0.121. The van der Waals surface area contributed by atoms with Crippen LogP contribution in [0.15, 0.2) is 11.6 Å². The van der Waals surface area contributed by atoms with Crippen LogP contribution in [0.3, 0.4) is 0 Å². The third-order valence-corrected chi connectivity index (χ3v) is 2.82. The van der Waals surface area contributed by atoms with E-state index in [4.69, 9.17) is 4.74 Å². The summed E-state index contributed by atoms with van der Waals surface area (Å²) in [5, 5.41) is 6.33. The third-order valence-electron chi connectivity index (χ3n) is 2.12. The number of hydrogen-bond acceptors (Lipinski definition) is 4. The van der Waals surface area contributed by atoms with Gasteiger partial charge in [-0.3, -0.25) is 0 Å². The Hall–Kier alpha value is -0.610. The largest absolute Gasteiger partial charge is 0.376 e. The summed E-state index contributed by atoms with van der Waals surface area (Å²) in [7, 11) is 0. The quantitative estimate of drug-likeness (QED) is 0.760. The molecule has 66 valence electrons. The van der Waals surface area contributed by atoms with Crippen molar-refractivity contribution in [2.75, 3.05) is 11.9 Å². The highest BCUT2D eigenvalue weighted by molar-refractivity contribution is 7.13. The molecule has 0 bridgehead atoms. The number of thiazole rings is 1. The smallest absolute Gasteiger partial charge is 0.182 e. The monoisotopic (exact) mass is 184 g/mol. The van der Waals surface area contributed by atoms with E-state index in [0.717, 1.165) is 18.2 Å². The summed E-state index contributed by atoms with van der Waals surface area (Å²) in [4.78, 5) is 4.17. The topological polar surface area (TPSA) is 34.1 Å². The van der Waals surface area contributed by atoms with Gasteiger partial charge < -0.3 is 10.1 Å². The van der Waals surface area contributed by atoms with E-state index >= 15 is 0 Å². The van der Waals surface area contributed by atoms with Gasteiger partial charge in [0.1, 0.15) is 0 Å². The lowest BCUT2D eigenvalue weighted by Gasteiger charge is -2.14. The van der Waals surface area contributed by atoms with E-state index in [9.17, 15) is 0 Å². The standard InChI is InChI=1S/C8H12N2OS/c1-6-7(2-4-11-6)10-8-9-3-5-12-8/h3,5-7H,2,4H2,1H3,(H,9,10). The number of hydrogen-bond donors (Lipinski definition) is 1. The van der Waals surface area contributed by atoms with Gasteiger partial charge in [-0.15, -0.1) is 11.3 Å². The number of nitrogens with one attached hydrogen (secondary N) is 1. The average molecular weight is 184 g/mol. The molecule has 0 aliphatic carbocycles. The fourth-order valence-electron chi connectivity index (χ4n) is 1.37. The van der Waals surface area contributed by atoms with E-state index in [0.29, 0.717) is 12.1 Å². The summed E-state index contributed by atoms with van der Waals surface area (Å²) >= 11 is 1.63. The Labute approximate surface area is 75.8 Å². The van der Waals surface area contributed by atoms with Crippen LogP contribution in [0.2, 0.25) is 0 Å². The number of nitrogens with zero attached hydrogens (tertiary/aromatic N) is 1. The number of rotatable bonds is 2. The Kier molecular flexibility index (Phi) is 2.28. The Balaban J connectivity index is 1.95. The van der Waals surface area contributed by atoms with Crippen LogP contribution in [0.5, 0.6) is 0 Å². The molecule has 3 nitrogen and oxygen atoms in total. The number of ether oxygens (including phenoxy) is 1. The van der Waals surface area contributed by atoms with Crippen molar-refractivity contribution in [1.82, 2.24) is 4.98 Å². The molecule has 2 atom stereocenters. The molecule has 2 rings (SSSR count). The molecule has 12 heavy (non-hydrogen) atoms. The molecule has 1 aliphatic rings. The van der Waals surface area contributed by atoms with E-state index in [2.05, 4.69) is 17.2 Å². The Morgan fingerprint density at radius 1 is 1.75 bits per heavy atom. The Bertz CT molecular complexity index is 237. The van der Waals surface area contributed by atoms with Crippen LogP contribution in [0.25, 0.3) is 0 Å². The molecule has 1 N–H and O–H groups in total. The van der Waals surface area contributed by atoms with Crippen LogP contribution in [0.4, 0.5) is 5.13 Å². The molecule has 4 heteroatoms. The lowest BCUT2D eigenvalue weighted by atomic mass is 10.2. The summed E-state index contributed by atoms with van der Waals surface area (Å²) in [5.41, 5.74) is 0. The van der Waals surface area contributed by atoms with Crippen molar-refractivity contribution in [1.29, 1.82) is 0 Å². The predicted molar refractivity (Wildman–Crippen MR) is 49.6 cm³/mol. The van der Waals surface area contributed by atoms with Crippen molar-refractivity contribution in [3.05, 3.63) is 11.6 Å². The highest BCUT2D eigenvalue weighted by atomic mass is 32.1. The Morgan fingerprint density at radius 2 is 2.67 bits per heavy atom. The second kappa shape index (κ2) is 3.41. The van der Waals surface area contributed by atoms with Gasteiger partial charge in [0.25, 0.3) is 0 Å². The SMILES string of the molecule is CC1OCCC1Nc1nccs1. The molecular weight excluding hydrogens is 172 g/mol. The molecule has 0 aromatic carbocycles. The van der Waals surface area contributed by atoms with E-state index in [1.165, 1.54) is 0 Å². The van der Waals surface area contributed by atoms with Crippen LogP contribution in [0.1, 0.15) is 13.3 Å². The summed E-state index contributed by atoms with van der Waals surface area (Å²) in [6.07, 6.45) is 3.21. The highest BCUT2D eigenvalue weighted by Crippen LogP contribution is 2.19. The van der Waals surface area contributed by atoms with E-state index in [1.54, 1.807) is 11.3 Å². The van der Waals surface area contributed by atoms with Crippen molar-refractivity contribution >= 4 is 16.5 Å². The molecule has 0 radical (unpaired) electrons. The van der Waals surface area contributed by atoms with Gasteiger partial charge in [-0.25, -0.2) is 4.98 Å². The van der Waals surface area contributed by atoms with Crippen LogP contribution in [0, 0.1) is 0 Å². The summed E-state index contributed by atoms with van der Waals surface area (Å²) in [6.45, 7) is 2.96. The normalized spacial score (nSPS) is 29.1. The fraction of sp³-hybridized carbons (Fsp3) is 0.625. The second-order valence-electron chi connectivity index (χ2n) is 2.95. The fourth-order valence-corrected chi connectivity index (χ4v) is 1.97. The molecule has 0 saturated carbocycles. The zero-order chi connectivity index (χ0) is 8.39. The number of anilines is 1. The van der Waals surface area contributed by atoms with Crippen LogP contribution < -0.4 is 5.32 Å². The van der Waals surface area contributed by atoms with Crippen molar-refractivity contribution < 1.29 is 4.74 Å². The van der Waals surface area contributed by atoms with Crippen molar-refractivity contribution in [2.45, 2.75) is 25.5 Å². The van der Waals surface area contributed by atoms with Crippen molar-refractivity contribution in [3.8, 4) is 0 Å². The summed E-state index contributed by atoms with van der Waals surface area (Å²) in [5.74, 6) is 0. The first-order chi connectivity index (χ1) is 5.86. The van der Waals surface area contributed by atoms with Crippen LogP contribution in [-0.2, 0) is 4.74 Å². The van der Waals surface area contributed by atoms with Crippen LogP contribution >= 0.6 is 11.3 Å². The first-order valence-corrected chi connectivity index (χ1v) is 5.02. The first kappa shape index (κ1) is 8.01. The van der Waals surface area contributed by atoms with Crippen molar-refractivity contribution in [3.63, 3.8) is 0 Å². The first-order valence-electron chi connectivity index (χ1n) is 4.14.